The fourth-order valence-electron chi connectivity index (χ4n) is 17.8. The van der Waals surface area contributed by atoms with E-state index in [-0.39, 0.29) is 127 Å². The van der Waals surface area contributed by atoms with Gasteiger partial charge in [-0.1, -0.05) is 183 Å². The first-order valence-corrected chi connectivity index (χ1v) is 53.4. The van der Waals surface area contributed by atoms with Crippen molar-refractivity contribution in [1.82, 2.24) is 59.6 Å². The van der Waals surface area contributed by atoms with Crippen LogP contribution in [0, 0.1) is 0 Å². The van der Waals surface area contributed by atoms with Gasteiger partial charge in [-0.05, 0) is 202 Å². The quantitative estimate of drug-likeness (QED) is 0.0243. The molecule has 12 amide bonds. The number of benzene rings is 8. The topological polar surface area (TPSA) is 576 Å². The van der Waals surface area contributed by atoms with Crippen LogP contribution < -0.4 is 64.8 Å². The van der Waals surface area contributed by atoms with Gasteiger partial charge in [-0.15, -0.1) is 0 Å². The summed E-state index contributed by atoms with van der Waals surface area (Å²) < 4.78 is 61.3. The Labute approximate surface area is 866 Å². The van der Waals surface area contributed by atoms with E-state index < -0.39 is 181 Å². The van der Waals surface area contributed by atoms with Gasteiger partial charge >= 0.3 is 0 Å². The van der Waals surface area contributed by atoms with Crippen molar-refractivity contribution in [3.8, 4) is 22.6 Å². The van der Waals surface area contributed by atoms with E-state index in [1.54, 1.807) is 30.3 Å². The standard InChI is InChI=1S/C107H144N20O19S2/c1-78(82-22-5-2-6-23-82)116-62-99(132)126(75-105(138)123(57-47-80-34-43-91(44-35-80)148(115,143)144)71-103(136)124(58-59-128)72-102(135)120(54-19-15-50-110)69-100(133)118(67-96(112)129)52-17-13-48-108)65-92(84-24-7-3-8-25-84)86-39-37-83(38-40-86)87-28-21-29-88(61-87)93(85-26-9-4-10-27-85)66-127(106(139)73-122(98(131)63-117-89-30-11-12-31-89)56-46-79-32-41-90(42-33-79)147(114,141)142)76-107(140)125(64-81-36-45-94-95(60-81)146-77-145-94)74-104(137)121(55-20-16-51-111)70-101(134)119(68-97(113)130)53-18-14-49-109/h2-10,21-29,32-45,60-61,78,89,92-93,116-117,128H,11-20,30-31,46-59,62-77,108-111H2,1H3,(H2,112,129)(H2,113,130)(H2,114,141,142)(H2,115,143,144). The number of carbonyl (C=O) groups excluding carboxylic acids is 12. The fourth-order valence-corrected chi connectivity index (χ4v) is 18.8. The number of aliphatic hydroxyl groups excluding tert-OH is 1. The number of hydrogen-bond donors (Lipinski definition) is 11. The van der Waals surface area contributed by atoms with Gasteiger partial charge in [0, 0.05) is 89.4 Å². The van der Waals surface area contributed by atoms with E-state index in [0.717, 1.165) is 41.7 Å². The monoisotopic (exact) mass is 2080 g/mol. The maximum atomic E-state index is 16.2. The zero-order valence-corrected chi connectivity index (χ0v) is 86.0. The molecule has 3 unspecified atom stereocenters. The third-order valence-corrected chi connectivity index (χ3v) is 28.1. The highest BCUT2D eigenvalue weighted by Crippen LogP contribution is 2.36. The summed E-state index contributed by atoms with van der Waals surface area (Å²) in [6.45, 7) is -4.83. The highest BCUT2D eigenvalue weighted by molar-refractivity contribution is 7.89. The number of amides is 12. The van der Waals surface area contributed by atoms with Crippen LogP contribution in [-0.2, 0) is 97.0 Å². The van der Waals surface area contributed by atoms with Crippen molar-refractivity contribution < 1.29 is 89.0 Å². The van der Waals surface area contributed by atoms with Crippen molar-refractivity contribution >= 4 is 90.9 Å². The Morgan fingerprint density at radius 2 is 0.703 bits per heavy atom. The number of nitrogens with one attached hydrogen (secondary N) is 2. The summed E-state index contributed by atoms with van der Waals surface area (Å²) in [6, 6.07) is 59.5. The predicted octanol–water partition coefficient (Wildman–Crippen LogP) is 3.41. The molecule has 3 atom stereocenters. The first-order valence-electron chi connectivity index (χ1n) is 50.3. The highest BCUT2D eigenvalue weighted by atomic mass is 32.2. The zero-order chi connectivity index (χ0) is 107. The number of primary sulfonamides is 2. The van der Waals surface area contributed by atoms with E-state index in [1.165, 1.54) is 80.5 Å². The number of hydrogen-bond acceptors (Lipinski definition) is 25. The molecule has 2 aliphatic rings. The summed E-state index contributed by atoms with van der Waals surface area (Å²) >= 11 is 0. The van der Waals surface area contributed by atoms with Gasteiger partial charge in [0.25, 0.3) is 0 Å². The smallest absolute Gasteiger partial charge is 0.242 e. The number of rotatable bonds is 64. The number of aliphatic hydroxyl groups is 1. The van der Waals surface area contributed by atoms with Crippen LogP contribution in [0.25, 0.3) is 11.1 Å². The van der Waals surface area contributed by atoms with E-state index in [4.69, 9.17) is 54.2 Å². The van der Waals surface area contributed by atoms with Crippen LogP contribution in [0.4, 0.5) is 0 Å². The van der Waals surface area contributed by atoms with Gasteiger partial charge < -0.3 is 109 Å². The van der Waals surface area contributed by atoms with E-state index >= 15 is 28.8 Å². The van der Waals surface area contributed by atoms with Crippen LogP contribution in [0.3, 0.4) is 0 Å². The van der Waals surface area contributed by atoms with Gasteiger partial charge in [0.05, 0.1) is 88.4 Å². The van der Waals surface area contributed by atoms with Crippen molar-refractivity contribution in [1.29, 1.82) is 0 Å². The van der Waals surface area contributed by atoms with Gasteiger partial charge in [-0.25, -0.2) is 27.1 Å². The average molecular weight is 2080 g/mol. The van der Waals surface area contributed by atoms with Crippen molar-refractivity contribution in [2.45, 2.75) is 137 Å². The maximum absolute atomic E-state index is 16.2. The van der Waals surface area contributed by atoms with Gasteiger partial charge in [0.15, 0.2) is 11.5 Å². The number of nitrogens with zero attached hydrogens (tertiary/aromatic N) is 10. The molecule has 0 radical (unpaired) electrons. The number of nitrogens with two attached hydrogens (primary N) is 8. The molecule has 8 aromatic carbocycles. The van der Waals surface area contributed by atoms with Crippen molar-refractivity contribution in [2.75, 3.05) is 177 Å². The molecule has 1 heterocycles. The Hall–Kier alpha value is -13.5. The van der Waals surface area contributed by atoms with Gasteiger partial charge in [0.2, 0.25) is 97.7 Å². The van der Waals surface area contributed by atoms with Crippen LogP contribution >= 0.6 is 0 Å². The summed E-state index contributed by atoms with van der Waals surface area (Å²) in [5.74, 6) is -8.56. The van der Waals surface area contributed by atoms with Gasteiger partial charge in [0.1, 0.15) is 6.54 Å². The van der Waals surface area contributed by atoms with E-state index in [2.05, 4.69) is 10.6 Å². The van der Waals surface area contributed by atoms with Crippen molar-refractivity contribution in [3.05, 3.63) is 251 Å². The maximum Gasteiger partial charge on any atom is 0.242 e. The minimum atomic E-state index is -4.14. The third kappa shape index (κ3) is 37.4. The molecule has 19 N–H and O–H groups in total. The highest BCUT2D eigenvalue weighted by Gasteiger charge is 2.36. The lowest BCUT2D eigenvalue weighted by Gasteiger charge is -2.33. The third-order valence-electron chi connectivity index (χ3n) is 26.3. The van der Waals surface area contributed by atoms with Gasteiger partial charge in [-0.2, -0.15) is 0 Å². The molecule has 1 aliphatic heterocycles. The molecule has 0 spiro atoms. The number of carbonyl (C=O) groups is 12. The summed E-state index contributed by atoms with van der Waals surface area (Å²) in [5, 5.41) is 28.3. The van der Waals surface area contributed by atoms with Crippen LogP contribution in [0.5, 0.6) is 11.5 Å². The molecule has 0 saturated heterocycles. The molecule has 148 heavy (non-hydrogen) atoms. The lowest BCUT2D eigenvalue weighted by molar-refractivity contribution is -0.147. The van der Waals surface area contributed by atoms with E-state index in [1.807, 2.05) is 146 Å². The van der Waals surface area contributed by atoms with E-state index in [9.17, 15) is 50.7 Å². The molecule has 1 saturated carbocycles. The molecular weight excluding hydrogens is 1930 g/mol. The Balaban J connectivity index is 1.02. The summed E-state index contributed by atoms with van der Waals surface area (Å²) in [7, 11) is -8.22. The average Bonchev–Trinajstić information content (AvgIpc) is 0.852. The molecule has 0 aromatic heterocycles. The molecule has 798 valence electrons. The minimum absolute atomic E-state index is 0.0165. The largest absolute Gasteiger partial charge is 0.454 e. The lowest BCUT2D eigenvalue weighted by atomic mass is 9.87. The summed E-state index contributed by atoms with van der Waals surface area (Å²) in [5.41, 5.74) is 41.4. The minimum Gasteiger partial charge on any atom is -0.454 e. The molecule has 39 nitrogen and oxygen atoms in total. The molecule has 1 fully saturated rings. The molecule has 8 aromatic rings. The van der Waals surface area contributed by atoms with Crippen LogP contribution in [-0.4, -0.2) is 325 Å². The van der Waals surface area contributed by atoms with Gasteiger partial charge in [-0.3, -0.25) is 57.5 Å². The van der Waals surface area contributed by atoms with E-state index in [0.29, 0.717) is 120 Å². The Morgan fingerprint density at radius 3 is 1.14 bits per heavy atom. The second-order valence-electron chi connectivity index (χ2n) is 37.3. The number of unbranched alkanes of at least 4 members (excludes halogenated alkanes) is 4. The number of sulfonamides is 2. The number of primary amides is 2. The first kappa shape index (κ1) is 116. The molecule has 1 aliphatic carbocycles. The predicted molar refractivity (Wildman–Crippen MR) is 560 cm³/mol. The number of fused-ring (bicyclic) bond motifs is 1. The summed E-state index contributed by atoms with van der Waals surface area (Å²) in [6.07, 6.45) is 7.32. The normalized spacial score (nSPS) is 12.9. The number of ether oxygens (including phenoxy) is 2. The van der Waals surface area contributed by atoms with Crippen LogP contribution in [0.15, 0.2) is 216 Å². The lowest BCUT2D eigenvalue weighted by Crippen LogP contribution is -2.52. The van der Waals surface area contributed by atoms with Crippen molar-refractivity contribution in [2.24, 2.45) is 44.7 Å². The molecular formula is C107H144N20O19S2. The summed E-state index contributed by atoms with van der Waals surface area (Å²) in [4.78, 5) is 189. The zero-order valence-electron chi connectivity index (χ0n) is 84.3. The van der Waals surface area contributed by atoms with Crippen molar-refractivity contribution in [3.63, 3.8) is 0 Å². The SMILES string of the molecule is CC(NCC(=O)N(CC(=O)N(CCc1ccc(S(N)(=O)=O)cc1)CC(=O)N(CCO)CC(=O)N(CCCCN)CC(=O)N(CCCCN)CC(N)=O)CC(c1ccccc1)c1ccc(-c2cccc(C(CN(CC(=O)N(CC(=O)N(CCCCN)CC(=O)N(CCCCN)CC(N)=O)Cc3ccc4c(c3)OCO4)C(=O)CN(CCc3ccc(S(N)(=O)=O)cc3)C(=O)CNC3CCCC3)c3ccccc3)c2)cc1)c1ccccc1. The Kier molecular flexibility index (Phi) is 46.8. The first-order chi connectivity index (χ1) is 71.1. The second-order valence-corrected chi connectivity index (χ2v) is 40.4. The molecule has 41 heteroatoms. The molecule has 0 bridgehead atoms. The molecule has 10 rings (SSSR count). The fraction of sp³-hybridized carbons (Fsp3) is 0.439. The Morgan fingerprint density at radius 1 is 0.351 bits per heavy atom. The Bertz CT molecular complexity index is 5920. The van der Waals surface area contributed by atoms with Crippen LogP contribution in [0.1, 0.15) is 146 Å². The van der Waals surface area contributed by atoms with Crippen LogP contribution in [0.2, 0.25) is 0 Å². The second kappa shape index (κ2) is 59.5.